The SMILES string of the molecule is Cc1cc([N+](=O)[O-])ccc1NC(=O)C(Sc1cccc(NC(=O)c2cccc3cccc(C(=O)O)c23)c1)c1ccccc1. The Hall–Kier alpha value is -5.48. The number of carbonyl (C=O) groups is 3. The molecule has 214 valence electrons. The summed E-state index contributed by atoms with van der Waals surface area (Å²) < 4.78 is 0. The summed E-state index contributed by atoms with van der Waals surface area (Å²) in [6, 6.07) is 30.4. The average Bonchev–Trinajstić information content (AvgIpc) is 3.00. The van der Waals surface area contributed by atoms with Crippen LogP contribution in [0, 0.1) is 17.0 Å². The van der Waals surface area contributed by atoms with Gasteiger partial charge in [-0.15, -0.1) is 11.8 Å². The number of rotatable bonds is 9. The second-order valence-electron chi connectivity index (χ2n) is 9.65. The third kappa shape index (κ3) is 6.55. The fourth-order valence-electron chi connectivity index (χ4n) is 4.69. The van der Waals surface area contributed by atoms with Gasteiger partial charge in [0.25, 0.3) is 11.6 Å². The van der Waals surface area contributed by atoms with Gasteiger partial charge in [0.05, 0.1) is 10.5 Å². The summed E-state index contributed by atoms with van der Waals surface area (Å²) in [7, 11) is 0. The highest BCUT2D eigenvalue weighted by molar-refractivity contribution is 8.00. The number of carboxylic acids is 1. The first kappa shape index (κ1) is 29.0. The van der Waals surface area contributed by atoms with Gasteiger partial charge in [-0.2, -0.15) is 0 Å². The molecule has 5 aromatic carbocycles. The normalized spacial score (nSPS) is 11.5. The molecule has 0 aliphatic heterocycles. The smallest absolute Gasteiger partial charge is 0.336 e. The molecule has 0 bridgehead atoms. The maximum Gasteiger partial charge on any atom is 0.336 e. The van der Waals surface area contributed by atoms with Crippen molar-refractivity contribution in [3.05, 3.63) is 142 Å². The predicted molar refractivity (Wildman–Crippen MR) is 167 cm³/mol. The van der Waals surface area contributed by atoms with Crippen molar-refractivity contribution in [1.82, 2.24) is 0 Å². The first-order valence-electron chi connectivity index (χ1n) is 13.2. The van der Waals surface area contributed by atoms with Gasteiger partial charge in [0.15, 0.2) is 0 Å². The van der Waals surface area contributed by atoms with Gasteiger partial charge >= 0.3 is 5.97 Å². The lowest BCUT2D eigenvalue weighted by Crippen LogP contribution is -2.19. The van der Waals surface area contributed by atoms with Gasteiger partial charge in [0, 0.05) is 39.4 Å². The van der Waals surface area contributed by atoms with Crippen molar-refractivity contribution < 1.29 is 24.4 Å². The number of fused-ring (bicyclic) bond motifs is 1. The minimum Gasteiger partial charge on any atom is -0.478 e. The Morgan fingerprint density at radius 2 is 1.51 bits per heavy atom. The van der Waals surface area contributed by atoms with E-state index in [1.54, 1.807) is 55.5 Å². The maximum absolute atomic E-state index is 13.6. The van der Waals surface area contributed by atoms with E-state index in [2.05, 4.69) is 10.6 Å². The Labute approximate surface area is 250 Å². The topological polar surface area (TPSA) is 139 Å². The highest BCUT2D eigenvalue weighted by Crippen LogP contribution is 2.38. The van der Waals surface area contributed by atoms with Crippen LogP contribution in [0.2, 0.25) is 0 Å². The van der Waals surface area contributed by atoms with Crippen LogP contribution in [0.3, 0.4) is 0 Å². The van der Waals surface area contributed by atoms with Crippen LogP contribution in [0.4, 0.5) is 17.1 Å². The van der Waals surface area contributed by atoms with Gasteiger partial charge in [0.1, 0.15) is 5.25 Å². The van der Waals surface area contributed by atoms with Gasteiger partial charge in [-0.25, -0.2) is 4.79 Å². The standard InChI is InChI=1S/C33H25N3O6S/c1-20-18-24(36(41)42)16-17-28(20)35-32(38)30(22-8-3-2-4-9-22)43-25-13-7-12-23(19-25)34-31(37)26-14-5-10-21-11-6-15-27(29(21)26)33(39)40/h2-19,30H,1H3,(H,34,37)(H,35,38)(H,39,40). The number of carbonyl (C=O) groups excluding carboxylic acids is 2. The number of hydrogen-bond acceptors (Lipinski definition) is 6. The zero-order valence-electron chi connectivity index (χ0n) is 22.8. The molecule has 3 N–H and O–H groups in total. The molecule has 1 unspecified atom stereocenters. The molecule has 0 aliphatic carbocycles. The van der Waals surface area contributed by atoms with Gasteiger partial charge < -0.3 is 15.7 Å². The van der Waals surface area contributed by atoms with Crippen LogP contribution in [0.15, 0.2) is 114 Å². The zero-order chi connectivity index (χ0) is 30.5. The lowest BCUT2D eigenvalue weighted by atomic mass is 9.98. The number of non-ortho nitro benzene ring substituents is 1. The van der Waals surface area contributed by atoms with Crippen LogP contribution in [0.5, 0.6) is 0 Å². The molecule has 1 atom stereocenters. The molecular weight excluding hydrogens is 566 g/mol. The second kappa shape index (κ2) is 12.6. The fourth-order valence-corrected chi connectivity index (χ4v) is 5.77. The van der Waals surface area contributed by atoms with E-state index in [1.807, 2.05) is 36.4 Å². The summed E-state index contributed by atoms with van der Waals surface area (Å²) in [4.78, 5) is 50.1. The van der Waals surface area contributed by atoms with Crippen molar-refractivity contribution in [1.29, 1.82) is 0 Å². The molecule has 0 radical (unpaired) electrons. The summed E-state index contributed by atoms with van der Waals surface area (Å²) in [5.74, 6) is -1.91. The summed E-state index contributed by atoms with van der Waals surface area (Å²) >= 11 is 1.28. The van der Waals surface area contributed by atoms with E-state index in [9.17, 15) is 29.6 Å². The largest absolute Gasteiger partial charge is 0.478 e. The van der Waals surface area contributed by atoms with E-state index in [-0.39, 0.29) is 22.7 Å². The summed E-state index contributed by atoms with van der Waals surface area (Å²) in [6.07, 6.45) is 0. The van der Waals surface area contributed by atoms with E-state index in [0.29, 0.717) is 32.6 Å². The number of carboxylic acid groups (broad SMARTS) is 1. The number of hydrogen-bond donors (Lipinski definition) is 3. The van der Waals surface area contributed by atoms with Gasteiger partial charge in [-0.3, -0.25) is 19.7 Å². The molecular formula is C33H25N3O6S. The van der Waals surface area contributed by atoms with E-state index in [0.717, 1.165) is 5.56 Å². The molecule has 0 fully saturated rings. The molecule has 0 aromatic heterocycles. The number of thioether (sulfide) groups is 1. The Kier molecular flexibility index (Phi) is 8.49. The lowest BCUT2D eigenvalue weighted by Gasteiger charge is -2.18. The van der Waals surface area contributed by atoms with Crippen LogP contribution in [0.25, 0.3) is 10.8 Å². The number of nitro benzene ring substituents is 1. The van der Waals surface area contributed by atoms with Crippen LogP contribution in [0.1, 0.15) is 37.1 Å². The number of aryl methyl sites for hydroxylation is 1. The highest BCUT2D eigenvalue weighted by Gasteiger charge is 2.24. The molecule has 43 heavy (non-hydrogen) atoms. The van der Waals surface area contributed by atoms with E-state index in [1.165, 1.54) is 36.0 Å². The van der Waals surface area contributed by atoms with Crippen LogP contribution < -0.4 is 10.6 Å². The van der Waals surface area contributed by atoms with Gasteiger partial charge in [0.2, 0.25) is 5.91 Å². The predicted octanol–water partition coefficient (Wildman–Crippen LogP) is 7.48. The first-order chi connectivity index (χ1) is 20.7. The monoisotopic (exact) mass is 591 g/mol. The number of benzene rings is 5. The molecule has 9 nitrogen and oxygen atoms in total. The quantitative estimate of drug-likeness (QED) is 0.0917. The van der Waals surface area contributed by atoms with Crippen LogP contribution in [-0.2, 0) is 4.79 Å². The Bertz CT molecular complexity index is 1870. The van der Waals surface area contributed by atoms with Crippen molar-refractivity contribution in [3.63, 3.8) is 0 Å². The third-order valence-electron chi connectivity index (χ3n) is 6.74. The third-order valence-corrected chi connectivity index (χ3v) is 7.99. The summed E-state index contributed by atoms with van der Waals surface area (Å²) in [6.45, 7) is 1.69. The Balaban J connectivity index is 1.40. The molecule has 0 aliphatic rings. The lowest BCUT2D eigenvalue weighted by molar-refractivity contribution is -0.384. The van der Waals surface area contributed by atoms with Crippen molar-refractivity contribution in [2.24, 2.45) is 0 Å². The number of aromatic carboxylic acids is 1. The number of anilines is 2. The summed E-state index contributed by atoms with van der Waals surface area (Å²) in [5, 5.41) is 26.9. The number of nitrogens with zero attached hydrogens (tertiary/aromatic N) is 1. The first-order valence-corrected chi connectivity index (χ1v) is 14.0. The average molecular weight is 592 g/mol. The molecule has 5 rings (SSSR count). The Morgan fingerprint density at radius 1 is 0.814 bits per heavy atom. The van der Waals surface area contributed by atoms with Crippen molar-refractivity contribution in [2.75, 3.05) is 10.6 Å². The van der Waals surface area contributed by atoms with Crippen molar-refractivity contribution >= 4 is 57.4 Å². The van der Waals surface area contributed by atoms with Crippen molar-refractivity contribution in [3.8, 4) is 0 Å². The van der Waals surface area contributed by atoms with E-state index >= 15 is 0 Å². The minimum absolute atomic E-state index is 0.0347. The van der Waals surface area contributed by atoms with Crippen LogP contribution >= 0.6 is 11.8 Å². The molecule has 0 spiro atoms. The summed E-state index contributed by atoms with van der Waals surface area (Å²) in [5.41, 5.74) is 2.44. The van der Waals surface area contributed by atoms with Gasteiger partial charge in [-0.05, 0) is 59.8 Å². The molecule has 0 saturated heterocycles. The second-order valence-corrected chi connectivity index (χ2v) is 10.8. The zero-order valence-corrected chi connectivity index (χ0v) is 23.6. The molecule has 10 heteroatoms. The fraction of sp³-hybridized carbons (Fsp3) is 0.0606. The number of nitrogens with one attached hydrogen (secondary N) is 2. The Morgan fingerprint density at radius 3 is 2.19 bits per heavy atom. The molecule has 0 saturated carbocycles. The van der Waals surface area contributed by atoms with Gasteiger partial charge in [-0.1, -0.05) is 60.7 Å². The number of nitro groups is 1. The maximum atomic E-state index is 13.6. The van der Waals surface area contributed by atoms with Crippen molar-refractivity contribution in [2.45, 2.75) is 17.1 Å². The van der Waals surface area contributed by atoms with E-state index < -0.39 is 22.0 Å². The van der Waals surface area contributed by atoms with E-state index in [4.69, 9.17) is 0 Å². The number of amides is 2. The highest BCUT2D eigenvalue weighted by atomic mass is 32.2. The minimum atomic E-state index is -1.13. The van der Waals surface area contributed by atoms with Crippen LogP contribution in [-0.4, -0.2) is 27.8 Å². The molecule has 5 aromatic rings. The molecule has 2 amide bonds. The molecule has 0 heterocycles.